The maximum atomic E-state index is 5.39. The second-order valence-electron chi connectivity index (χ2n) is 2.52. The zero-order valence-corrected chi connectivity index (χ0v) is 7.68. The van der Waals surface area contributed by atoms with Crippen molar-refractivity contribution < 1.29 is 4.42 Å². The number of oxazole rings is 1. The molecule has 0 atom stereocenters. The molecule has 62 valence electrons. The van der Waals surface area contributed by atoms with Gasteiger partial charge >= 0.3 is 0 Å². The largest absolute Gasteiger partial charge is 0.439 e. The Labute approximate surface area is 74.1 Å². The highest BCUT2D eigenvalue weighted by Crippen LogP contribution is 2.23. The summed E-state index contributed by atoms with van der Waals surface area (Å²) in [5, 5.41) is 1.95. The maximum Gasteiger partial charge on any atom is 0.192 e. The van der Waals surface area contributed by atoms with Gasteiger partial charge in [0.15, 0.2) is 11.7 Å². The van der Waals surface area contributed by atoms with E-state index in [4.69, 9.17) is 4.42 Å². The number of hydrogen-bond donors (Lipinski definition) is 0. The highest BCUT2D eigenvalue weighted by molar-refractivity contribution is 7.07. The Morgan fingerprint density at radius 1 is 1.42 bits per heavy atom. The Morgan fingerprint density at radius 2 is 2.25 bits per heavy atom. The number of aromatic nitrogens is 2. The molecule has 3 nitrogen and oxygen atoms in total. The molecule has 0 bridgehead atoms. The normalized spacial score (nSPS) is 10.5. The van der Waals surface area contributed by atoms with Gasteiger partial charge in [0.2, 0.25) is 0 Å². The lowest BCUT2D eigenvalue weighted by Crippen LogP contribution is -1.76. The number of aryl methyl sites for hydroxylation is 2. The molecule has 0 saturated carbocycles. The van der Waals surface area contributed by atoms with E-state index in [-0.39, 0.29) is 0 Å². The first-order valence-corrected chi connectivity index (χ1v) is 4.54. The molecule has 0 aliphatic rings. The van der Waals surface area contributed by atoms with E-state index < -0.39 is 0 Å². The van der Waals surface area contributed by atoms with Gasteiger partial charge in [0, 0.05) is 12.3 Å². The zero-order chi connectivity index (χ0) is 8.55. The summed E-state index contributed by atoms with van der Waals surface area (Å²) in [4.78, 5) is 8.31. The van der Waals surface area contributed by atoms with Crippen LogP contribution in [0.15, 0.2) is 15.3 Å². The molecule has 2 heterocycles. The Bertz CT molecular complexity index is 378. The fraction of sp³-hybridized carbons (Fsp3) is 0.250. The summed E-state index contributed by atoms with van der Waals surface area (Å²) in [5.41, 5.74) is 3.56. The predicted octanol–water partition coefficient (Wildman–Crippen LogP) is 2.41. The lowest BCUT2D eigenvalue weighted by atomic mass is 10.3. The second-order valence-corrected chi connectivity index (χ2v) is 3.24. The summed E-state index contributed by atoms with van der Waals surface area (Å²) in [6, 6.07) is 0. The van der Waals surface area contributed by atoms with Crippen molar-refractivity contribution in [3.05, 3.63) is 22.5 Å². The van der Waals surface area contributed by atoms with E-state index in [0.29, 0.717) is 5.89 Å². The van der Waals surface area contributed by atoms with E-state index in [1.165, 1.54) is 0 Å². The highest BCUT2D eigenvalue weighted by atomic mass is 32.1. The minimum atomic E-state index is 0.690. The zero-order valence-electron chi connectivity index (χ0n) is 6.87. The average Bonchev–Trinajstić information content (AvgIpc) is 2.58. The molecule has 0 aliphatic carbocycles. The van der Waals surface area contributed by atoms with Gasteiger partial charge in [-0.15, -0.1) is 11.3 Å². The van der Waals surface area contributed by atoms with Crippen LogP contribution >= 0.6 is 11.3 Å². The van der Waals surface area contributed by atoms with Crippen molar-refractivity contribution in [3.8, 4) is 11.5 Å². The first-order valence-electron chi connectivity index (χ1n) is 3.60. The van der Waals surface area contributed by atoms with Crippen LogP contribution in [0.1, 0.15) is 11.6 Å². The van der Waals surface area contributed by atoms with Crippen LogP contribution in [0.3, 0.4) is 0 Å². The topological polar surface area (TPSA) is 38.9 Å². The van der Waals surface area contributed by atoms with E-state index in [2.05, 4.69) is 9.97 Å². The summed E-state index contributed by atoms with van der Waals surface area (Å²) in [5.74, 6) is 1.48. The van der Waals surface area contributed by atoms with Crippen LogP contribution in [-0.2, 0) is 0 Å². The SMILES string of the molecule is Cc1nc(C)c(-c2cscn2)o1. The fourth-order valence-electron chi connectivity index (χ4n) is 1.09. The van der Waals surface area contributed by atoms with Crippen LogP contribution in [-0.4, -0.2) is 9.97 Å². The van der Waals surface area contributed by atoms with E-state index in [1.807, 2.05) is 19.2 Å². The van der Waals surface area contributed by atoms with Gasteiger partial charge in [0.05, 0.1) is 11.2 Å². The van der Waals surface area contributed by atoms with E-state index >= 15 is 0 Å². The number of nitrogens with zero attached hydrogens (tertiary/aromatic N) is 2. The van der Waals surface area contributed by atoms with Gasteiger partial charge in [-0.1, -0.05) is 0 Å². The molecule has 2 aromatic heterocycles. The molecule has 2 rings (SSSR count). The first-order chi connectivity index (χ1) is 5.77. The van der Waals surface area contributed by atoms with Crippen LogP contribution in [0.2, 0.25) is 0 Å². The van der Waals surface area contributed by atoms with Crippen LogP contribution < -0.4 is 0 Å². The van der Waals surface area contributed by atoms with Gasteiger partial charge < -0.3 is 4.42 Å². The minimum absolute atomic E-state index is 0.690. The van der Waals surface area contributed by atoms with Crippen molar-refractivity contribution in [2.24, 2.45) is 0 Å². The molecule has 0 unspecified atom stereocenters. The Balaban J connectivity index is 2.54. The number of thiazole rings is 1. The summed E-state index contributed by atoms with van der Waals surface area (Å²) < 4.78 is 5.39. The number of rotatable bonds is 1. The molecule has 0 fully saturated rings. The monoisotopic (exact) mass is 180 g/mol. The third-order valence-electron chi connectivity index (χ3n) is 1.57. The highest BCUT2D eigenvalue weighted by Gasteiger charge is 2.10. The molecular weight excluding hydrogens is 172 g/mol. The Kier molecular flexibility index (Phi) is 1.69. The summed E-state index contributed by atoms with van der Waals surface area (Å²) in [6.07, 6.45) is 0. The van der Waals surface area contributed by atoms with E-state index in [9.17, 15) is 0 Å². The molecule has 0 radical (unpaired) electrons. The third-order valence-corrected chi connectivity index (χ3v) is 2.15. The minimum Gasteiger partial charge on any atom is -0.439 e. The van der Waals surface area contributed by atoms with Crippen molar-refractivity contribution in [2.75, 3.05) is 0 Å². The van der Waals surface area contributed by atoms with Gasteiger partial charge in [-0.3, -0.25) is 0 Å². The molecule has 0 aromatic carbocycles. The molecular formula is C8H8N2OS. The first kappa shape index (κ1) is 7.49. The van der Waals surface area contributed by atoms with Crippen LogP contribution in [0.4, 0.5) is 0 Å². The molecule has 2 aromatic rings. The van der Waals surface area contributed by atoms with Crippen molar-refractivity contribution in [1.29, 1.82) is 0 Å². The van der Waals surface area contributed by atoms with Crippen LogP contribution in [0.25, 0.3) is 11.5 Å². The molecule has 0 amide bonds. The van der Waals surface area contributed by atoms with E-state index in [0.717, 1.165) is 17.1 Å². The number of hydrogen-bond acceptors (Lipinski definition) is 4. The molecule has 0 saturated heterocycles. The molecule has 0 spiro atoms. The third kappa shape index (κ3) is 1.14. The van der Waals surface area contributed by atoms with Crippen LogP contribution in [0.5, 0.6) is 0 Å². The molecule has 0 aliphatic heterocycles. The predicted molar refractivity (Wildman–Crippen MR) is 47.1 cm³/mol. The quantitative estimate of drug-likeness (QED) is 0.676. The molecule has 4 heteroatoms. The average molecular weight is 180 g/mol. The summed E-state index contributed by atoms with van der Waals surface area (Å²) >= 11 is 1.55. The Hall–Kier alpha value is -1.16. The summed E-state index contributed by atoms with van der Waals surface area (Å²) in [6.45, 7) is 3.76. The standard InChI is InChI=1S/C8H8N2OS/c1-5-8(11-6(2)10-5)7-3-12-4-9-7/h3-4H,1-2H3. The van der Waals surface area contributed by atoms with Crippen LogP contribution in [0, 0.1) is 13.8 Å². The Morgan fingerprint density at radius 3 is 2.75 bits per heavy atom. The van der Waals surface area contributed by atoms with Gasteiger partial charge in [0.25, 0.3) is 0 Å². The van der Waals surface area contributed by atoms with Gasteiger partial charge in [-0.25, -0.2) is 9.97 Å². The van der Waals surface area contributed by atoms with Gasteiger partial charge in [0.1, 0.15) is 5.69 Å². The van der Waals surface area contributed by atoms with E-state index in [1.54, 1.807) is 16.8 Å². The van der Waals surface area contributed by atoms with Gasteiger partial charge in [-0.2, -0.15) is 0 Å². The fourth-order valence-corrected chi connectivity index (χ4v) is 1.63. The lowest BCUT2D eigenvalue weighted by Gasteiger charge is -1.88. The molecule has 0 N–H and O–H groups in total. The van der Waals surface area contributed by atoms with Crippen molar-refractivity contribution in [1.82, 2.24) is 9.97 Å². The van der Waals surface area contributed by atoms with Crippen molar-refractivity contribution in [2.45, 2.75) is 13.8 Å². The van der Waals surface area contributed by atoms with Crippen molar-refractivity contribution in [3.63, 3.8) is 0 Å². The molecule has 12 heavy (non-hydrogen) atoms. The summed E-state index contributed by atoms with van der Waals surface area (Å²) in [7, 11) is 0. The lowest BCUT2D eigenvalue weighted by molar-refractivity contribution is 0.532. The smallest absolute Gasteiger partial charge is 0.192 e. The maximum absolute atomic E-state index is 5.39. The van der Waals surface area contributed by atoms with Gasteiger partial charge in [-0.05, 0) is 6.92 Å². The van der Waals surface area contributed by atoms with Crippen molar-refractivity contribution >= 4 is 11.3 Å². The second kappa shape index (κ2) is 2.71.